The van der Waals surface area contributed by atoms with Crippen molar-refractivity contribution in [3.63, 3.8) is 0 Å². The highest BCUT2D eigenvalue weighted by Gasteiger charge is 2.36. The summed E-state index contributed by atoms with van der Waals surface area (Å²) in [6, 6.07) is 12.2. The molecular formula is C22H27N3O3S. The van der Waals surface area contributed by atoms with E-state index in [1.54, 1.807) is 24.3 Å². The van der Waals surface area contributed by atoms with Gasteiger partial charge < -0.3 is 9.80 Å². The minimum absolute atomic E-state index is 0.0217. The molecule has 2 aliphatic rings. The van der Waals surface area contributed by atoms with E-state index in [9.17, 15) is 13.2 Å². The van der Waals surface area contributed by atoms with Gasteiger partial charge in [-0.3, -0.25) is 9.10 Å². The summed E-state index contributed by atoms with van der Waals surface area (Å²) in [5, 5.41) is 0. The lowest BCUT2D eigenvalue weighted by Gasteiger charge is -2.32. The molecule has 4 rings (SSSR count). The van der Waals surface area contributed by atoms with E-state index in [0.29, 0.717) is 22.6 Å². The maximum Gasteiger partial charge on any atom is 0.264 e. The van der Waals surface area contributed by atoms with Crippen LogP contribution in [0.3, 0.4) is 0 Å². The van der Waals surface area contributed by atoms with Gasteiger partial charge in [-0.1, -0.05) is 17.7 Å². The third-order valence-electron chi connectivity index (χ3n) is 5.85. The fourth-order valence-electron chi connectivity index (χ4n) is 4.12. The van der Waals surface area contributed by atoms with Crippen LogP contribution in [0.5, 0.6) is 0 Å². The molecule has 6 nitrogen and oxygen atoms in total. The Kier molecular flexibility index (Phi) is 5.12. The predicted molar refractivity (Wildman–Crippen MR) is 114 cm³/mol. The zero-order valence-corrected chi connectivity index (χ0v) is 17.9. The number of hydrogen-bond donors (Lipinski definition) is 0. The average Bonchev–Trinajstić information content (AvgIpc) is 3.04. The Morgan fingerprint density at radius 3 is 2.31 bits per heavy atom. The fourth-order valence-corrected chi connectivity index (χ4v) is 5.81. The summed E-state index contributed by atoms with van der Waals surface area (Å²) < 4.78 is 28.0. The zero-order chi connectivity index (χ0) is 20.8. The Balaban J connectivity index is 1.63. The van der Waals surface area contributed by atoms with E-state index in [4.69, 9.17) is 0 Å². The van der Waals surface area contributed by atoms with Gasteiger partial charge in [-0.25, -0.2) is 8.42 Å². The molecule has 1 amide bonds. The summed E-state index contributed by atoms with van der Waals surface area (Å²) in [6.45, 7) is 7.02. The highest BCUT2D eigenvalue weighted by Crippen LogP contribution is 2.37. The van der Waals surface area contributed by atoms with Crippen LogP contribution in [-0.2, 0) is 16.4 Å². The minimum Gasteiger partial charge on any atom is -0.336 e. The van der Waals surface area contributed by atoms with E-state index in [2.05, 4.69) is 11.9 Å². The molecule has 2 aliphatic heterocycles. The number of sulfonamides is 1. The van der Waals surface area contributed by atoms with Gasteiger partial charge in [0.15, 0.2) is 0 Å². The van der Waals surface area contributed by atoms with E-state index in [0.717, 1.165) is 37.3 Å². The van der Waals surface area contributed by atoms with E-state index < -0.39 is 10.0 Å². The first-order valence-corrected chi connectivity index (χ1v) is 11.4. The van der Waals surface area contributed by atoms with Gasteiger partial charge in [0.1, 0.15) is 0 Å². The van der Waals surface area contributed by atoms with Crippen molar-refractivity contribution >= 4 is 21.6 Å². The van der Waals surface area contributed by atoms with Crippen molar-refractivity contribution < 1.29 is 13.2 Å². The molecule has 154 valence electrons. The predicted octanol–water partition coefficient (Wildman–Crippen LogP) is 2.52. The molecule has 7 heteroatoms. The quantitative estimate of drug-likeness (QED) is 0.776. The number of hydrogen-bond acceptors (Lipinski definition) is 4. The van der Waals surface area contributed by atoms with Crippen LogP contribution in [0, 0.1) is 6.92 Å². The molecule has 0 radical (unpaired) electrons. The molecule has 29 heavy (non-hydrogen) atoms. The van der Waals surface area contributed by atoms with E-state index >= 15 is 0 Å². The van der Waals surface area contributed by atoms with Crippen LogP contribution in [-0.4, -0.2) is 63.4 Å². The maximum atomic E-state index is 13.3. The van der Waals surface area contributed by atoms with Crippen molar-refractivity contribution in [1.82, 2.24) is 9.80 Å². The lowest BCUT2D eigenvalue weighted by molar-refractivity contribution is 0.0664. The van der Waals surface area contributed by atoms with Crippen molar-refractivity contribution in [2.75, 3.05) is 37.5 Å². The molecule has 0 aliphatic carbocycles. The molecule has 0 N–H and O–H groups in total. The number of likely N-dealkylation sites (N-methyl/N-ethyl adjacent to an activating group) is 1. The summed E-state index contributed by atoms with van der Waals surface area (Å²) in [5.41, 5.74) is 3.24. The van der Waals surface area contributed by atoms with Gasteiger partial charge in [-0.05, 0) is 63.2 Å². The summed E-state index contributed by atoms with van der Waals surface area (Å²) in [5.74, 6) is 0.0217. The third-order valence-corrected chi connectivity index (χ3v) is 7.79. The second-order valence-corrected chi connectivity index (χ2v) is 9.92. The average molecular weight is 414 g/mol. The molecule has 1 saturated heterocycles. The van der Waals surface area contributed by atoms with Crippen molar-refractivity contribution in [1.29, 1.82) is 0 Å². The molecular weight excluding hydrogens is 386 g/mol. The van der Waals surface area contributed by atoms with Crippen LogP contribution >= 0.6 is 0 Å². The van der Waals surface area contributed by atoms with Gasteiger partial charge in [0.25, 0.3) is 15.9 Å². The van der Waals surface area contributed by atoms with Crippen LogP contribution in [0.15, 0.2) is 47.4 Å². The number of rotatable bonds is 3. The largest absolute Gasteiger partial charge is 0.336 e. The van der Waals surface area contributed by atoms with Gasteiger partial charge in [-0.2, -0.15) is 0 Å². The van der Waals surface area contributed by atoms with Crippen LogP contribution in [0.4, 0.5) is 5.69 Å². The Hall–Kier alpha value is -2.38. The highest BCUT2D eigenvalue weighted by molar-refractivity contribution is 7.92. The molecule has 0 aromatic heterocycles. The molecule has 2 aromatic carbocycles. The molecule has 1 atom stereocenters. The summed E-state index contributed by atoms with van der Waals surface area (Å²) in [6.07, 6.45) is 0.601. The van der Waals surface area contributed by atoms with Crippen molar-refractivity contribution in [3.05, 3.63) is 59.2 Å². The molecule has 0 spiro atoms. The van der Waals surface area contributed by atoms with Gasteiger partial charge in [-0.15, -0.1) is 0 Å². The standard InChI is InChI=1S/C22H27N3O3S/c1-16-4-7-20(8-5-16)29(27,28)25-17(2)14-19-15-18(6-9-21(19)25)22(26)24-12-10-23(3)11-13-24/h4-9,15,17H,10-14H2,1-3H3/t17-/m0/s1. The molecule has 0 bridgehead atoms. The Morgan fingerprint density at radius 2 is 1.66 bits per heavy atom. The summed E-state index contributed by atoms with van der Waals surface area (Å²) >= 11 is 0. The second kappa shape index (κ2) is 7.46. The van der Waals surface area contributed by atoms with Gasteiger partial charge in [0, 0.05) is 37.8 Å². The van der Waals surface area contributed by atoms with Gasteiger partial charge in [0.2, 0.25) is 0 Å². The van der Waals surface area contributed by atoms with Gasteiger partial charge >= 0.3 is 0 Å². The van der Waals surface area contributed by atoms with E-state index in [1.807, 2.05) is 36.9 Å². The molecule has 0 saturated carbocycles. The zero-order valence-electron chi connectivity index (χ0n) is 17.1. The van der Waals surface area contributed by atoms with Crippen molar-refractivity contribution in [2.24, 2.45) is 0 Å². The number of amides is 1. The molecule has 2 heterocycles. The summed E-state index contributed by atoms with van der Waals surface area (Å²) in [4.78, 5) is 17.3. The van der Waals surface area contributed by atoms with Crippen molar-refractivity contribution in [2.45, 2.75) is 31.2 Å². The van der Waals surface area contributed by atoms with E-state index in [1.165, 1.54) is 4.31 Å². The van der Waals surface area contributed by atoms with Crippen LogP contribution in [0.1, 0.15) is 28.4 Å². The Labute approximate surface area is 172 Å². The number of fused-ring (bicyclic) bond motifs is 1. The van der Waals surface area contributed by atoms with Crippen LogP contribution in [0.25, 0.3) is 0 Å². The summed E-state index contributed by atoms with van der Waals surface area (Å²) in [7, 11) is -1.59. The number of carbonyl (C=O) groups excluding carboxylic acids is 1. The van der Waals surface area contributed by atoms with Gasteiger partial charge in [0.05, 0.1) is 10.6 Å². The SMILES string of the molecule is Cc1ccc(S(=O)(=O)N2c3ccc(C(=O)N4CCN(C)CC4)cc3C[C@@H]2C)cc1. The number of carbonyl (C=O) groups is 1. The monoisotopic (exact) mass is 413 g/mol. The highest BCUT2D eigenvalue weighted by atomic mass is 32.2. The Bertz CT molecular complexity index is 1030. The van der Waals surface area contributed by atoms with Crippen molar-refractivity contribution in [3.8, 4) is 0 Å². The number of aryl methyl sites for hydroxylation is 1. The lowest BCUT2D eigenvalue weighted by Crippen LogP contribution is -2.47. The first-order chi connectivity index (χ1) is 13.8. The second-order valence-electron chi connectivity index (χ2n) is 8.11. The van der Waals surface area contributed by atoms with Crippen LogP contribution in [0.2, 0.25) is 0 Å². The number of piperazine rings is 1. The smallest absolute Gasteiger partial charge is 0.264 e. The fraction of sp³-hybridized carbons (Fsp3) is 0.409. The Morgan fingerprint density at radius 1 is 1.00 bits per heavy atom. The lowest BCUT2D eigenvalue weighted by atomic mass is 10.1. The molecule has 0 unspecified atom stereocenters. The first-order valence-electron chi connectivity index (χ1n) is 9.99. The molecule has 2 aromatic rings. The number of nitrogens with zero attached hydrogens (tertiary/aromatic N) is 3. The maximum absolute atomic E-state index is 13.3. The normalized spacial score (nSPS) is 20.0. The topological polar surface area (TPSA) is 60.9 Å². The van der Waals surface area contributed by atoms with Crippen LogP contribution < -0.4 is 4.31 Å². The number of benzene rings is 2. The molecule has 1 fully saturated rings. The third kappa shape index (κ3) is 3.65. The minimum atomic E-state index is -3.65. The number of anilines is 1. The first kappa shape index (κ1) is 19.9. The van der Waals surface area contributed by atoms with E-state index in [-0.39, 0.29) is 11.9 Å².